The molecule has 0 aliphatic carbocycles. The second-order valence-electron chi connectivity index (χ2n) is 11.2. The van der Waals surface area contributed by atoms with Crippen LogP contribution in [0, 0.1) is 0 Å². The van der Waals surface area contributed by atoms with E-state index in [4.69, 9.17) is 7.16 Å². The van der Waals surface area contributed by atoms with Crippen LogP contribution < -0.4 is 0 Å². The molecule has 10 aromatic rings. The van der Waals surface area contributed by atoms with E-state index in [0.717, 1.165) is 49.3 Å². The Hall–Kier alpha value is -6.06. The minimum atomic E-state index is -0.432. The van der Waals surface area contributed by atoms with Gasteiger partial charge in [0.25, 0.3) is 0 Å². The quantitative estimate of drug-likeness (QED) is 0.203. The van der Waals surface area contributed by atoms with E-state index in [9.17, 15) is 6.85 Å². The number of aromatic nitrogens is 2. The van der Waals surface area contributed by atoms with Crippen LogP contribution in [-0.4, -0.2) is 9.13 Å². The Morgan fingerprint density at radius 1 is 0.444 bits per heavy atom. The fourth-order valence-electron chi connectivity index (χ4n) is 6.92. The lowest BCUT2D eigenvalue weighted by molar-refractivity contribution is 0.669. The number of benzene rings is 7. The van der Waals surface area contributed by atoms with Gasteiger partial charge in [0.2, 0.25) is 0 Å². The van der Waals surface area contributed by atoms with Gasteiger partial charge in [0, 0.05) is 43.6 Å². The zero-order chi connectivity index (χ0) is 35.6. The lowest BCUT2D eigenvalue weighted by Gasteiger charge is -2.15. The standard InChI is InChI=1S/C42H26N2O/c1-6-18-35-28(12-1)29-13-2-7-19-36(29)43(35)27-24-25-39-34(26-27)31-15-4-9-21-38(31)44(39)37-20-8-3-14-30(37)32-17-11-23-41-42(32)33-16-5-10-22-40(33)45-41/h1-26H/i4D,9D,15D,21D,24D,25D,26D. The van der Waals surface area contributed by atoms with Gasteiger partial charge in [-0.15, -0.1) is 0 Å². The van der Waals surface area contributed by atoms with Gasteiger partial charge in [-0.25, -0.2) is 0 Å². The van der Waals surface area contributed by atoms with Gasteiger partial charge < -0.3 is 13.6 Å². The minimum absolute atomic E-state index is 0.100. The van der Waals surface area contributed by atoms with Gasteiger partial charge in [0.05, 0.1) is 37.3 Å². The first-order chi connectivity index (χ1) is 25.3. The fourth-order valence-corrected chi connectivity index (χ4v) is 6.92. The average molecular weight is 582 g/mol. The van der Waals surface area contributed by atoms with Crippen LogP contribution in [0.15, 0.2) is 162 Å². The van der Waals surface area contributed by atoms with Gasteiger partial charge in [-0.05, 0) is 60.1 Å². The third-order valence-corrected chi connectivity index (χ3v) is 8.79. The van der Waals surface area contributed by atoms with E-state index in [-0.39, 0.29) is 57.7 Å². The molecule has 0 fully saturated rings. The maximum atomic E-state index is 9.85. The zero-order valence-electron chi connectivity index (χ0n) is 30.8. The third-order valence-electron chi connectivity index (χ3n) is 8.79. The highest BCUT2D eigenvalue weighted by Gasteiger charge is 2.20. The first kappa shape index (κ1) is 18.6. The van der Waals surface area contributed by atoms with Crippen molar-refractivity contribution >= 4 is 65.6 Å². The van der Waals surface area contributed by atoms with Crippen LogP contribution in [0.1, 0.15) is 9.60 Å². The molecule has 3 heteroatoms. The molecule has 3 heterocycles. The molecule has 0 saturated carbocycles. The fraction of sp³-hybridized carbons (Fsp3) is 0. The summed E-state index contributed by atoms with van der Waals surface area (Å²) in [5.74, 6) is 0. The average Bonchev–Trinajstić information content (AvgIpc) is 3.84. The Morgan fingerprint density at radius 2 is 1.09 bits per heavy atom. The molecule has 0 saturated heterocycles. The van der Waals surface area contributed by atoms with Crippen LogP contribution in [0.4, 0.5) is 0 Å². The van der Waals surface area contributed by atoms with Crippen LogP contribution in [-0.2, 0) is 0 Å². The van der Waals surface area contributed by atoms with Gasteiger partial charge in [0.1, 0.15) is 11.2 Å². The molecule has 0 spiro atoms. The van der Waals surface area contributed by atoms with Gasteiger partial charge in [0.15, 0.2) is 0 Å². The second kappa shape index (κ2) is 9.22. The number of hydrogen-bond acceptors (Lipinski definition) is 1. The zero-order valence-corrected chi connectivity index (χ0v) is 23.8. The van der Waals surface area contributed by atoms with Crippen LogP contribution in [0.2, 0.25) is 0 Å². The van der Waals surface area contributed by atoms with E-state index < -0.39 is 12.1 Å². The number of fused-ring (bicyclic) bond motifs is 9. The largest absolute Gasteiger partial charge is 0.456 e. The summed E-state index contributed by atoms with van der Waals surface area (Å²) in [4.78, 5) is 0. The molecular weight excluding hydrogens is 548 g/mol. The van der Waals surface area contributed by atoms with E-state index >= 15 is 0 Å². The Kier molecular flexibility index (Phi) is 3.80. The third kappa shape index (κ3) is 3.41. The topological polar surface area (TPSA) is 23.0 Å². The summed E-state index contributed by atoms with van der Waals surface area (Å²) in [6, 6.07) is 34.7. The van der Waals surface area contributed by atoms with Crippen molar-refractivity contribution in [2.24, 2.45) is 0 Å². The Morgan fingerprint density at radius 3 is 1.93 bits per heavy atom. The summed E-state index contributed by atoms with van der Waals surface area (Å²) in [6.07, 6.45) is 0. The van der Waals surface area contributed by atoms with E-state index in [1.807, 2.05) is 120 Å². The van der Waals surface area contributed by atoms with Gasteiger partial charge in [-0.2, -0.15) is 0 Å². The molecule has 0 aliphatic rings. The normalized spacial score (nSPS) is 14.2. The highest BCUT2D eigenvalue weighted by atomic mass is 16.3. The lowest BCUT2D eigenvalue weighted by Crippen LogP contribution is -1.98. The Labute approximate surface area is 268 Å². The molecule has 0 atom stereocenters. The molecule has 0 unspecified atom stereocenters. The summed E-state index contributed by atoms with van der Waals surface area (Å²) in [7, 11) is 0. The second-order valence-corrected chi connectivity index (χ2v) is 11.2. The molecule has 0 radical (unpaired) electrons. The first-order valence-electron chi connectivity index (χ1n) is 18.3. The summed E-state index contributed by atoms with van der Waals surface area (Å²) >= 11 is 0. The van der Waals surface area contributed by atoms with Crippen molar-refractivity contribution in [1.29, 1.82) is 0 Å². The summed E-state index contributed by atoms with van der Waals surface area (Å²) in [6.45, 7) is 0. The van der Waals surface area contributed by atoms with Crippen LogP contribution in [0.25, 0.3) is 88.1 Å². The molecular formula is C42H26N2O. The molecule has 0 N–H and O–H groups in total. The van der Waals surface area contributed by atoms with Crippen molar-refractivity contribution in [2.75, 3.05) is 0 Å². The molecule has 0 bridgehead atoms. The number of furan rings is 1. The van der Waals surface area contributed by atoms with Gasteiger partial charge in [-0.1, -0.05) is 103 Å². The maximum Gasteiger partial charge on any atom is 0.136 e. The SMILES string of the molecule is [2H]c1c([2H])c([2H])c2c(c1[2H])c1c([2H])c(-n3c4ccccc4c4ccccc43)c([2H])c([2H])c1n2-c1ccccc1-c1cccc2oc3ccccc3c12. The van der Waals surface area contributed by atoms with E-state index in [0.29, 0.717) is 11.3 Å². The smallest absolute Gasteiger partial charge is 0.136 e. The number of hydrogen-bond donors (Lipinski definition) is 0. The first-order valence-corrected chi connectivity index (χ1v) is 14.8. The van der Waals surface area contributed by atoms with Gasteiger partial charge in [-0.3, -0.25) is 0 Å². The molecule has 7 aromatic carbocycles. The molecule has 0 aliphatic heterocycles. The van der Waals surface area contributed by atoms with Crippen LogP contribution in [0.3, 0.4) is 0 Å². The van der Waals surface area contributed by atoms with Crippen molar-refractivity contribution in [3.05, 3.63) is 158 Å². The summed E-state index contributed by atoms with van der Waals surface area (Å²) in [5.41, 5.74) is 5.54. The van der Waals surface area contributed by atoms with Crippen LogP contribution in [0.5, 0.6) is 0 Å². The van der Waals surface area contributed by atoms with Crippen LogP contribution >= 0.6 is 0 Å². The lowest BCUT2D eigenvalue weighted by atomic mass is 9.98. The molecule has 10 rings (SSSR count). The number of rotatable bonds is 3. The molecule has 3 aromatic heterocycles. The highest BCUT2D eigenvalue weighted by molar-refractivity contribution is 6.15. The van der Waals surface area contributed by atoms with Crippen molar-refractivity contribution in [1.82, 2.24) is 9.13 Å². The van der Waals surface area contributed by atoms with E-state index in [1.165, 1.54) is 0 Å². The van der Waals surface area contributed by atoms with E-state index in [2.05, 4.69) is 0 Å². The predicted molar refractivity (Wildman–Crippen MR) is 188 cm³/mol. The predicted octanol–water partition coefficient (Wildman–Crippen LogP) is 11.4. The number of nitrogens with zero attached hydrogens (tertiary/aromatic N) is 2. The summed E-state index contributed by atoms with van der Waals surface area (Å²) in [5, 5.41) is 3.98. The molecule has 45 heavy (non-hydrogen) atoms. The van der Waals surface area contributed by atoms with Crippen molar-refractivity contribution < 1.29 is 14.0 Å². The Balaban J connectivity index is 1.40. The number of para-hydroxylation sites is 5. The maximum absolute atomic E-state index is 9.85. The molecule has 0 amide bonds. The summed E-state index contributed by atoms with van der Waals surface area (Å²) < 4.78 is 74.6. The van der Waals surface area contributed by atoms with Crippen molar-refractivity contribution in [3.8, 4) is 22.5 Å². The highest BCUT2D eigenvalue weighted by Crippen LogP contribution is 2.42. The minimum Gasteiger partial charge on any atom is -0.456 e. The monoisotopic (exact) mass is 581 g/mol. The molecule has 210 valence electrons. The van der Waals surface area contributed by atoms with E-state index in [1.54, 1.807) is 4.57 Å². The van der Waals surface area contributed by atoms with Crippen molar-refractivity contribution in [3.63, 3.8) is 0 Å². The van der Waals surface area contributed by atoms with Crippen molar-refractivity contribution in [2.45, 2.75) is 0 Å². The van der Waals surface area contributed by atoms with Gasteiger partial charge >= 0.3 is 0 Å². The molecule has 3 nitrogen and oxygen atoms in total. The Bertz CT molecular complexity index is 3120.